The van der Waals surface area contributed by atoms with Gasteiger partial charge in [-0.25, -0.2) is 4.98 Å². The Morgan fingerprint density at radius 1 is 0.846 bits per heavy atom. The third-order valence-corrected chi connectivity index (χ3v) is 6.96. The molecule has 0 atom stereocenters. The van der Waals surface area contributed by atoms with Crippen molar-refractivity contribution >= 4 is 23.4 Å². The first kappa shape index (κ1) is 25.8. The van der Waals surface area contributed by atoms with Crippen molar-refractivity contribution in [1.29, 1.82) is 5.26 Å². The number of carbonyl (C=O) groups excluding carboxylic acids is 1. The number of thioether (sulfide) groups is 1. The summed E-state index contributed by atoms with van der Waals surface area (Å²) in [6.45, 7) is 2.03. The molecule has 190 valence electrons. The number of benzene rings is 4. The van der Waals surface area contributed by atoms with Crippen LogP contribution in [0.1, 0.15) is 11.1 Å². The molecule has 5 rings (SSSR count). The van der Waals surface area contributed by atoms with Gasteiger partial charge in [0.15, 0.2) is 0 Å². The fraction of sp³-hybridized carbons (Fsp3) is 0.0606. The van der Waals surface area contributed by atoms with Crippen molar-refractivity contribution in [3.63, 3.8) is 0 Å². The zero-order valence-electron chi connectivity index (χ0n) is 21.3. The molecule has 0 aliphatic rings. The number of nitriles is 1. The molecule has 5 nitrogen and oxygen atoms in total. The van der Waals surface area contributed by atoms with Gasteiger partial charge in [-0.2, -0.15) is 5.26 Å². The van der Waals surface area contributed by atoms with Crippen LogP contribution in [0.25, 0.3) is 22.4 Å². The lowest BCUT2D eigenvalue weighted by atomic mass is 9.98. The van der Waals surface area contributed by atoms with Crippen LogP contribution in [-0.2, 0) is 4.79 Å². The maximum absolute atomic E-state index is 12.8. The van der Waals surface area contributed by atoms with Crippen molar-refractivity contribution in [1.82, 2.24) is 4.98 Å². The highest BCUT2D eigenvalue weighted by atomic mass is 32.2. The smallest absolute Gasteiger partial charge is 0.234 e. The second-order valence-corrected chi connectivity index (χ2v) is 9.82. The number of para-hydroxylation sites is 1. The van der Waals surface area contributed by atoms with Gasteiger partial charge < -0.3 is 10.1 Å². The molecular formula is C33H25N3O2S. The van der Waals surface area contributed by atoms with Gasteiger partial charge in [-0.1, -0.05) is 90.1 Å². The van der Waals surface area contributed by atoms with E-state index in [0.717, 1.165) is 33.7 Å². The van der Waals surface area contributed by atoms with Crippen LogP contribution in [0, 0.1) is 18.3 Å². The standard InChI is InChI=1S/C33H25N3O2S/c1-23-12-14-24(15-13-23)29-20-31(25-8-4-2-5-9-25)36-33(30(29)21-34)39-22-32(37)35-26-16-18-28(19-17-26)38-27-10-6-3-7-11-27/h2-20H,22H2,1H3,(H,35,37). The van der Waals surface area contributed by atoms with E-state index in [4.69, 9.17) is 9.72 Å². The summed E-state index contributed by atoms with van der Waals surface area (Å²) in [5.74, 6) is 1.34. The normalized spacial score (nSPS) is 10.5. The van der Waals surface area contributed by atoms with Crippen LogP contribution in [0.5, 0.6) is 11.5 Å². The van der Waals surface area contributed by atoms with Crippen LogP contribution in [0.2, 0.25) is 0 Å². The molecule has 0 spiro atoms. The van der Waals surface area contributed by atoms with E-state index in [1.54, 1.807) is 12.1 Å². The van der Waals surface area contributed by atoms with Crippen LogP contribution in [0.3, 0.4) is 0 Å². The third kappa shape index (κ3) is 6.53. The third-order valence-electron chi connectivity index (χ3n) is 5.99. The summed E-state index contributed by atoms with van der Waals surface area (Å²) in [6, 6.07) is 38.9. The molecule has 1 heterocycles. The number of ether oxygens (including phenoxy) is 1. The summed E-state index contributed by atoms with van der Waals surface area (Å²) in [7, 11) is 0. The number of aromatic nitrogens is 1. The Morgan fingerprint density at radius 3 is 2.15 bits per heavy atom. The lowest BCUT2D eigenvalue weighted by Gasteiger charge is -2.13. The van der Waals surface area contributed by atoms with E-state index < -0.39 is 0 Å². The highest BCUT2D eigenvalue weighted by Crippen LogP contribution is 2.34. The van der Waals surface area contributed by atoms with Crippen LogP contribution in [0.4, 0.5) is 5.69 Å². The fourth-order valence-electron chi connectivity index (χ4n) is 4.01. The van der Waals surface area contributed by atoms with E-state index in [2.05, 4.69) is 11.4 Å². The number of aryl methyl sites for hydroxylation is 1. The van der Waals surface area contributed by atoms with E-state index >= 15 is 0 Å². The molecule has 0 unspecified atom stereocenters. The number of amides is 1. The minimum Gasteiger partial charge on any atom is -0.457 e. The van der Waals surface area contributed by atoms with Gasteiger partial charge in [0.1, 0.15) is 22.6 Å². The van der Waals surface area contributed by atoms with Crippen LogP contribution in [-0.4, -0.2) is 16.6 Å². The second-order valence-electron chi connectivity index (χ2n) is 8.86. The van der Waals surface area contributed by atoms with Crippen molar-refractivity contribution in [3.8, 4) is 40.0 Å². The Hall–Kier alpha value is -4.86. The van der Waals surface area contributed by atoms with Crippen molar-refractivity contribution in [2.24, 2.45) is 0 Å². The molecule has 1 aromatic heterocycles. The number of carbonyl (C=O) groups is 1. The molecule has 0 fully saturated rings. The summed E-state index contributed by atoms with van der Waals surface area (Å²) in [6.07, 6.45) is 0. The van der Waals surface area contributed by atoms with Crippen molar-refractivity contribution in [2.75, 3.05) is 11.1 Å². The highest BCUT2D eigenvalue weighted by molar-refractivity contribution is 8.00. The summed E-state index contributed by atoms with van der Waals surface area (Å²) >= 11 is 1.25. The molecule has 0 saturated heterocycles. The number of nitrogens with zero attached hydrogens (tertiary/aromatic N) is 2. The van der Waals surface area contributed by atoms with Crippen molar-refractivity contribution in [3.05, 3.63) is 126 Å². The summed E-state index contributed by atoms with van der Waals surface area (Å²) in [4.78, 5) is 17.6. The zero-order chi connectivity index (χ0) is 27.0. The van der Waals surface area contributed by atoms with Crippen LogP contribution in [0.15, 0.2) is 120 Å². The number of nitrogens with one attached hydrogen (secondary N) is 1. The predicted molar refractivity (Wildman–Crippen MR) is 157 cm³/mol. The Morgan fingerprint density at radius 2 is 1.49 bits per heavy atom. The molecule has 1 amide bonds. The summed E-state index contributed by atoms with van der Waals surface area (Å²) in [5.41, 5.74) is 5.68. The SMILES string of the molecule is Cc1ccc(-c2cc(-c3ccccc3)nc(SCC(=O)Nc3ccc(Oc4ccccc4)cc3)c2C#N)cc1. The molecule has 39 heavy (non-hydrogen) atoms. The van der Waals surface area contributed by atoms with Gasteiger partial charge in [0.2, 0.25) is 5.91 Å². The molecule has 4 aromatic carbocycles. The molecule has 0 radical (unpaired) electrons. The Labute approximate surface area is 232 Å². The van der Waals surface area contributed by atoms with Gasteiger partial charge in [-0.05, 0) is 55.0 Å². The first-order valence-electron chi connectivity index (χ1n) is 12.4. The molecule has 0 bridgehead atoms. The van der Waals surface area contributed by atoms with Crippen molar-refractivity contribution in [2.45, 2.75) is 11.9 Å². The van der Waals surface area contributed by atoms with E-state index in [1.165, 1.54) is 11.8 Å². The number of pyridine rings is 1. The van der Waals surface area contributed by atoms with E-state index in [1.807, 2.05) is 110 Å². The maximum atomic E-state index is 12.8. The molecule has 6 heteroatoms. The largest absolute Gasteiger partial charge is 0.457 e. The van der Waals surface area contributed by atoms with E-state index in [0.29, 0.717) is 22.0 Å². The lowest BCUT2D eigenvalue weighted by Crippen LogP contribution is -2.14. The number of anilines is 1. The van der Waals surface area contributed by atoms with Gasteiger partial charge in [-0.3, -0.25) is 4.79 Å². The number of rotatable bonds is 8. The fourth-order valence-corrected chi connectivity index (χ4v) is 4.82. The molecule has 5 aromatic rings. The highest BCUT2D eigenvalue weighted by Gasteiger charge is 2.17. The Kier molecular flexibility index (Phi) is 8.01. The molecule has 0 saturated carbocycles. The Balaban J connectivity index is 1.34. The minimum atomic E-state index is -0.190. The van der Waals surface area contributed by atoms with Gasteiger partial charge in [0.25, 0.3) is 0 Å². The predicted octanol–water partition coefficient (Wildman–Crippen LogP) is 8.12. The summed E-state index contributed by atoms with van der Waals surface area (Å²) in [5, 5.41) is 13.5. The first-order valence-corrected chi connectivity index (χ1v) is 13.4. The van der Waals surface area contributed by atoms with Gasteiger partial charge in [0, 0.05) is 16.8 Å². The maximum Gasteiger partial charge on any atom is 0.234 e. The first-order chi connectivity index (χ1) is 19.1. The van der Waals surface area contributed by atoms with Crippen LogP contribution < -0.4 is 10.1 Å². The van der Waals surface area contributed by atoms with Gasteiger partial charge in [0.05, 0.1) is 17.0 Å². The Bertz CT molecular complexity index is 1610. The minimum absolute atomic E-state index is 0.107. The molecular weight excluding hydrogens is 502 g/mol. The average Bonchev–Trinajstić information content (AvgIpc) is 2.98. The van der Waals surface area contributed by atoms with Crippen LogP contribution >= 0.6 is 11.8 Å². The van der Waals surface area contributed by atoms with Gasteiger partial charge >= 0.3 is 0 Å². The van der Waals surface area contributed by atoms with Gasteiger partial charge in [-0.15, -0.1) is 0 Å². The quantitative estimate of drug-likeness (QED) is 0.206. The molecule has 1 N–H and O–H groups in total. The number of hydrogen-bond donors (Lipinski definition) is 1. The van der Waals surface area contributed by atoms with E-state index in [9.17, 15) is 10.1 Å². The second kappa shape index (κ2) is 12.1. The summed E-state index contributed by atoms with van der Waals surface area (Å²) < 4.78 is 5.82. The van der Waals surface area contributed by atoms with E-state index in [-0.39, 0.29) is 11.7 Å². The monoisotopic (exact) mass is 527 g/mol. The van der Waals surface area contributed by atoms with Crippen molar-refractivity contribution < 1.29 is 9.53 Å². The molecule has 0 aliphatic heterocycles. The topological polar surface area (TPSA) is 75.0 Å². The average molecular weight is 528 g/mol. The number of hydrogen-bond acceptors (Lipinski definition) is 5. The molecule has 0 aliphatic carbocycles. The zero-order valence-corrected chi connectivity index (χ0v) is 22.1. The lowest BCUT2D eigenvalue weighted by molar-refractivity contribution is -0.113.